The van der Waals surface area contributed by atoms with Crippen LogP contribution in [0.25, 0.3) is 0 Å². The zero-order chi connectivity index (χ0) is 7.49. The average Bonchev–Trinajstić information content (AvgIpc) is 2.13. The normalized spacial score (nSPS) is 18.2. The highest BCUT2D eigenvalue weighted by atomic mass is 31.2. The van der Waals surface area contributed by atoms with Crippen LogP contribution < -0.4 is 5.73 Å². The van der Waals surface area contributed by atoms with Crippen LogP contribution in [0, 0.1) is 0 Å². The Bertz CT molecular complexity index is 109. The number of phosphoric acid groups is 1. The van der Waals surface area contributed by atoms with Gasteiger partial charge in [-0.25, -0.2) is 4.57 Å². The molecular formula is C3H10NO4P. The molecule has 0 bridgehead atoms. The maximum Gasteiger partial charge on any atom is 0.466 e. The summed E-state index contributed by atoms with van der Waals surface area (Å²) in [6.45, 7) is 0. The van der Waals surface area contributed by atoms with Crippen molar-refractivity contribution in [2.75, 3.05) is 0 Å². The molecule has 0 amide bonds. The Morgan fingerprint density at radius 2 is 1.44 bits per heavy atom. The summed E-state index contributed by atoms with van der Waals surface area (Å²) < 4.78 is 8.88. The minimum Gasteiger partial charge on any atom is -0.328 e. The first-order valence-corrected chi connectivity index (χ1v) is 4.00. The molecule has 0 unspecified atom stereocenters. The van der Waals surface area contributed by atoms with E-state index in [-0.39, 0.29) is 0 Å². The van der Waals surface area contributed by atoms with E-state index in [9.17, 15) is 0 Å². The standard InChI is InChI=1S/C3H7N.H3O4P/c4-3-1-2-3;1-5(2,3)4/h3H,1-2,4H2;(H3,1,2,3,4). The molecule has 0 aromatic heterocycles. The van der Waals surface area contributed by atoms with E-state index in [0.717, 1.165) is 0 Å². The van der Waals surface area contributed by atoms with Crippen molar-refractivity contribution >= 4 is 7.82 Å². The van der Waals surface area contributed by atoms with E-state index < -0.39 is 7.82 Å². The number of rotatable bonds is 0. The lowest BCUT2D eigenvalue weighted by Gasteiger charge is -1.82. The molecule has 6 heteroatoms. The molecule has 1 rings (SSSR count). The van der Waals surface area contributed by atoms with Gasteiger partial charge in [0.05, 0.1) is 0 Å². The first kappa shape index (κ1) is 9.07. The Morgan fingerprint density at radius 3 is 1.44 bits per heavy atom. The summed E-state index contributed by atoms with van der Waals surface area (Å²) in [5, 5.41) is 0. The van der Waals surface area contributed by atoms with Gasteiger partial charge < -0.3 is 20.4 Å². The SMILES string of the molecule is NC1CC1.O=P(O)(O)O. The lowest BCUT2D eigenvalue weighted by Crippen LogP contribution is -1.94. The molecule has 0 spiro atoms. The van der Waals surface area contributed by atoms with Crippen molar-refractivity contribution in [3.05, 3.63) is 0 Å². The highest BCUT2D eigenvalue weighted by Gasteiger charge is 2.13. The van der Waals surface area contributed by atoms with Gasteiger partial charge in [0.1, 0.15) is 0 Å². The highest BCUT2D eigenvalue weighted by Crippen LogP contribution is 2.25. The van der Waals surface area contributed by atoms with Crippen LogP contribution in [0.15, 0.2) is 0 Å². The highest BCUT2D eigenvalue weighted by molar-refractivity contribution is 7.45. The van der Waals surface area contributed by atoms with E-state index in [2.05, 4.69) is 0 Å². The predicted molar refractivity (Wildman–Crippen MR) is 31.5 cm³/mol. The van der Waals surface area contributed by atoms with Crippen LogP contribution in [-0.2, 0) is 4.57 Å². The van der Waals surface area contributed by atoms with E-state index in [4.69, 9.17) is 25.0 Å². The average molecular weight is 155 g/mol. The van der Waals surface area contributed by atoms with Crippen LogP contribution in [0.2, 0.25) is 0 Å². The molecular weight excluding hydrogens is 145 g/mol. The molecule has 0 aromatic carbocycles. The molecule has 0 radical (unpaired) electrons. The Hall–Kier alpha value is 0.0700. The minimum absolute atomic E-state index is 0.583. The lowest BCUT2D eigenvalue weighted by molar-refractivity contribution is 0.275. The van der Waals surface area contributed by atoms with E-state index in [0.29, 0.717) is 6.04 Å². The van der Waals surface area contributed by atoms with Gasteiger partial charge in [0.2, 0.25) is 0 Å². The van der Waals surface area contributed by atoms with Crippen LogP contribution in [0.4, 0.5) is 0 Å². The predicted octanol–water partition coefficient (Wildman–Crippen LogP) is -0.821. The molecule has 0 heterocycles. The van der Waals surface area contributed by atoms with Crippen molar-refractivity contribution in [2.24, 2.45) is 5.73 Å². The second-order valence-corrected chi connectivity index (χ2v) is 2.88. The molecule has 0 saturated heterocycles. The van der Waals surface area contributed by atoms with E-state index in [1.807, 2.05) is 0 Å². The quantitative estimate of drug-likeness (QED) is 0.342. The molecule has 1 fully saturated rings. The summed E-state index contributed by atoms with van der Waals surface area (Å²) in [5.41, 5.74) is 5.22. The van der Waals surface area contributed by atoms with Gasteiger partial charge in [0, 0.05) is 6.04 Å². The smallest absolute Gasteiger partial charge is 0.328 e. The summed E-state index contributed by atoms with van der Waals surface area (Å²) >= 11 is 0. The summed E-state index contributed by atoms with van der Waals surface area (Å²) in [5.74, 6) is 0. The lowest BCUT2D eigenvalue weighted by atomic mass is 10.8. The first-order valence-electron chi connectivity index (χ1n) is 2.43. The molecule has 56 valence electrons. The van der Waals surface area contributed by atoms with Crippen LogP contribution >= 0.6 is 7.82 Å². The second kappa shape index (κ2) is 3.29. The molecule has 5 nitrogen and oxygen atoms in total. The zero-order valence-corrected chi connectivity index (χ0v) is 5.66. The van der Waals surface area contributed by atoms with Crippen molar-refractivity contribution in [3.63, 3.8) is 0 Å². The molecule has 1 aliphatic carbocycles. The van der Waals surface area contributed by atoms with E-state index in [1.165, 1.54) is 12.8 Å². The fraction of sp³-hybridized carbons (Fsp3) is 1.00. The van der Waals surface area contributed by atoms with E-state index in [1.54, 1.807) is 0 Å². The van der Waals surface area contributed by atoms with Crippen molar-refractivity contribution in [3.8, 4) is 0 Å². The van der Waals surface area contributed by atoms with Crippen LogP contribution in [0.1, 0.15) is 12.8 Å². The molecule has 1 saturated carbocycles. The number of hydrogen-bond acceptors (Lipinski definition) is 2. The van der Waals surface area contributed by atoms with E-state index >= 15 is 0 Å². The molecule has 5 N–H and O–H groups in total. The fourth-order valence-electron chi connectivity index (χ4n) is 0.0962. The van der Waals surface area contributed by atoms with Crippen LogP contribution in [-0.4, -0.2) is 20.7 Å². The molecule has 0 atom stereocenters. The Balaban J connectivity index is 0.000000144. The first-order chi connectivity index (χ1) is 3.89. The minimum atomic E-state index is -4.64. The van der Waals surface area contributed by atoms with Gasteiger partial charge >= 0.3 is 7.82 Å². The largest absolute Gasteiger partial charge is 0.466 e. The summed E-state index contributed by atoms with van der Waals surface area (Å²) in [4.78, 5) is 21.6. The molecule has 9 heavy (non-hydrogen) atoms. The second-order valence-electron chi connectivity index (χ2n) is 1.85. The third kappa shape index (κ3) is 31.5. The third-order valence-electron chi connectivity index (χ3n) is 0.622. The number of hydrogen-bond donors (Lipinski definition) is 4. The maximum absolute atomic E-state index is 8.88. The Kier molecular flexibility index (Phi) is 3.32. The number of nitrogens with two attached hydrogens (primary N) is 1. The van der Waals surface area contributed by atoms with Crippen molar-refractivity contribution in [2.45, 2.75) is 18.9 Å². The Morgan fingerprint density at radius 1 is 1.33 bits per heavy atom. The van der Waals surface area contributed by atoms with Gasteiger partial charge in [-0.05, 0) is 12.8 Å². The van der Waals surface area contributed by atoms with Crippen LogP contribution in [0.3, 0.4) is 0 Å². The summed E-state index contributed by atoms with van der Waals surface area (Å²) in [7, 11) is -4.64. The molecule has 1 aliphatic rings. The topological polar surface area (TPSA) is 104 Å². The summed E-state index contributed by atoms with van der Waals surface area (Å²) in [6.07, 6.45) is 2.53. The van der Waals surface area contributed by atoms with Crippen molar-refractivity contribution in [1.29, 1.82) is 0 Å². The summed E-state index contributed by atoms with van der Waals surface area (Å²) in [6, 6.07) is 0.583. The van der Waals surface area contributed by atoms with Crippen molar-refractivity contribution in [1.82, 2.24) is 0 Å². The third-order valence-corrected chi connectivity index (χ3v) is 0.622. The van der Waals surface area contributed by atoms with Crippen LogP contribution in [0.5, 0.6) is 0 Å². The maximum atomic E-state index is 8.88. The van der Waals surface area contributed by atoms with Gasteiger partial charge in [-0.2, -0.15) is 0 Å². The monoisotopic (exact) mass is 155 g/mol. The molecule has 0 aliphatic heterocycles. The Labute approximate surface area is 52.7 Å². The van der Waals surface area contributed by atoms with Crippen molar-refractivity contribution < 1.29 is 19.2 Å². The van der Waals surface area contributed by atoms with Gasteiger partial charge in [0.15, 0.2) is 0 Å². The zero-order valence-electron chi connectivity index (χ0n) is 4.77. The van der Waals surface area contributed by atoms with Gasteiger partial charge in [-0.15, -0.1) is 0 Å². The van der Waals surface area contributed by atoms with Gasteiger partial charge in [0.25, 0.3) is 0 Å². The molecule has 0 aromatic rings. The van der Waals surface area contributed by atoms with Gasteiger partial charge in [-0.3, -0.25) is 0 Å². The fourth-order valence-corrected chi connectivity index (χ4v) is 0.0962. The van der Waals surface area contributed by atoms with Gasteiger partial charge in [-0.1, -0.05) is 0 Å².